The lowest BCUT2D eigenvalue weighted by Gasteiger charge is -2.20. The summed E-state index contributed by atoms with van der Waals surface area (Å²) < 4.78 is 0. The van der Waals surface area contributed by atoms with Crippen LogP contribution in [-0.4, -0.2) is 53.2 Å². The van der Waals surface area contributed by atoms with Gasteiger partial charge in [0.25, 0.3) is 0 Å². The molecule has 7 N–H and O–H groups in total. The number of primary amides is 1. The molecule has 3 amide bonds. The van der Waals surface area contributed by atoms with Gasteiger partial charge in [0.05, 0.1) is 18.5 Å². The van der Waals surface area contributed by atoms with Crippen molar-refractivity contribution in [2.75, 3.05) is 0 Å². The van der Waals surface area contributed by atoms with Crippen molar-refractivity contribution in [3.63, 3.8) is 0 Å². The van der Waals surface area contributed by atoms with Crippen molar-refractivity contribution in [1.82, 2.24) is 10.6 Å². The molecule has 0 saturated carbocycles. The number of carbonyl (C=O) groups excluding carboxylic acids is 4. The molecule has 0 heterocycles. The second-order valence-corrected chi connectivity index (χ2v) is 4.70. The van der Waals surface area contributed by atoms with Crippen molar-refractivity contribution in [2.24, 2.45) is 11.5 Å². The average Bonchev–Trinajstić information content (AvgIpc) is 2.41. The molecule has 0 unspecified atom stereocenters. The molecule has 0 fully saturated rings. The van der Waals surface area contributed by atoms with Gasteiger partial charge >= 0.3 is 5.97 Å². The number of amides is 3. The molecule has 0 radical (unpaired) electrons. The monoisotopic (exact) mass is 316 g/mol. The highest BCUT2D eigenvalue weighted by Gasteiger charge is 2.25. The Labute approximate surface area is 126 Å². The van der Waals surface area contributed by atoms with Crippen molar-refractivity contribution >= 4 is 30.0 Å². The first-order valence-corrected chi connectivity index (χ1v) is 6.49. The van der Waals surface area contributed by atoms with Crippen molar-refractivity contribution in [3.05, 3.63) is 0 Å². The van der Waals surface area contributed by atoms with Crippen molar-refractivity contribution in [3.8, 4) is 0 Å². The summed E-state index contributed by atoms with van der Waals surface area (Å²) in [5, 5.41) is 13.2. The Bertz CT molecular complexity index is 453. The molecular weight excluding hydrogens is 296 g/mol. The number of carboxylic acid groups (broad SMARTS) is 1. The summed E-state index contributed by atoms with van der Waals surface area (Å²) in [6.45, 7) is 1.42. The molecule has 10 nitrogen and oxygen atoms in total. The van der Waals surface area contributed by atoms with Gasteiger partial charge in [-0.2, -0.15) is 0 Å². The number of nitrogens with two attached hydrogens (primary N) is 2. The number of hydrogen-bond acceptors (Lipinski definition) is 6. The molecule has 124 valence electrons. The number of hydrogen-bond donors (Lipinski definition) is 5. The molecule has 0 aromatic rings. The van der Waals surface area contributed by atoms with Gasteiger partial charge in [-0.15, -0.1) is 0 Å². The minimum absolute atomic E-state index is 0.193. The summed E-state index contributed by atoms with van der Waals surface area (Å²) in [5.41, 5.74) is 10.3. The predicted molar refractivity (Wildman–Crippen MR) is 74.3 cm³/mol. The highest BCUT2D eigenvalue weighted by molar-refractivity contribution is 5.92. The van der Waals surface area contributed by atoms with E-state index in [0.717, 1.165) is 0 Å². The van der Waals surface area contributed by atoms with E-state index in [-0.39, 0.29) is 12.8 Å². The Hall–Kier alpha value is -2.49. The summed E-state index contributed by atoms with van der Waals surface area (Å²) >= 11 is 0. The lowest BCUT2D eigenvalue weighted by molar-refractivity contribution is -0.138. The minimum Gasteiger partial charge on any atom is -0.481 e. The molecule has 0 aliphatic heterocycles. The van der Waals surface area contributed by atoms with Crippen LogP contribution in [0, 0.1) is 0 Å². The minimum atomic E-state index is -1.25. The fraction of sp³-hybridized carbons (Fsp3) is 0.583. The topological polar surface area (TPSA) is 182 Å². The number of carbonyl (C=O) groups is 5. The van der Waals surface area contributed by atoms with E-state index >= 15 is 0 Å². The second kappa shape index (κ2) is 9.45. The van der Waals surface area contributed by atoms with Crippen LogP contribution in [0.3, 0.4) is 0 Å². The maximum atomic E-state index is 11.9. The van der Waals surface area contributed by atoms with Crippen LogP contribution in [0.25, 0.3) is 0 Å². The summed E-state index contributed by atoms with van der Waals surface area (Å²) in [7, 11) is 0. The van der Waals surface area contributed by atoms with Gasteiger partial charge in [-0.3, -0.25) is 19.2 Å². The molecule has 22 heavy (non-hydrogen) atoms. The number of carboxylic acids is 1. The summed E-state index contributed by atoms with van der Waals surface area (Å²) in [4.78, 5) is 55.4. The first kappa shape index (κ1) is 19.5. The van der Waals surface area contributed by atoms with Gasteiger partial charge in [-0.05, 0) is 13.3 Å². The van der Waals surface area contributed by atoms with E-state index in [2.05, 4.69) is 10.6 Å². The largest absolute Gasteiger partial charge is 0.481 e. The number of nitrogens with one attached hydrogen (secondary N) is 2. The molecule has 0 aromatic carbocycles. The predicted octanol–water partition coefficient (Wildman–Crippen LogP) is -2.76. The van der Waals surface area contributed by atoms with Crippen LogP contribution in [-0.2, 0) is 24.0 Å². The quantitative estimate of drug-likeness (QED) is 0.270. The van der Waals surface area contributed by atoms with Crippen LogP contribution >= 0.6 is 0 Å². The van der Waals surface area contributed by atoms with Crippen LogP contribution in [0.15, 0.2) is 0 Å². The van der Waals surface area contributed by atoms with E-state index in [1.807, 2.05) is 0 Å². The van der Waals surface area contributed by atoms with E-state index < -0.39 is 48.2 Å². The summed E-state index contributed by atoms with van der Waals surface area (Å²) in [6, 6.07) is -3.23. The Morgan fingerprint density at radius 1 is 1.18 bits per heavy atom. The smallest absolute Gasteiger partial charge is 0.303 e. The third-order valence-electron chi connectivity index (χ3n) is 2.61. The Morgan fingerprint density at radius 3 is 2.23 bits per heavy atom. The maximum absolute atomic E-state index is 11.9. The highest BCUT2D eigenvalue weighted by Crippen LogP contribution is 2.00. The van der Waals surface area contributed by atoms with E-state index in [1.54, 1.807) is 0 Å². The van der Waals surface area contributed by atoms with Gasteiger partial charge in [0.15, 0.2) is 0 Å². The van der Waals surface area contributed by atoms with Crippen LogP contribution in [0.5, 0.6) is 0 Å². The Kier molecular flexibility index (Phi) is 8.38. The van der Waals surface area contributed by atoms with Crippen molar-refractivity contribution < 1.29 is 29.1 Å². The Balaban J connectivity index is 4.80. The first-order valence-electron chi connectivity index (χ1n) is 6.49. The Morgan fingerprint density at radius 2 is 1.77 bits per heavy atom. The van der Waals surface area contributed by atoms with Crippen LogP contribution in [0.2, 0.25) is 0 Å². The van der Waals surface area contributed by atoms with E-state index in [9.17, 15) is 24.0 Å². The van der Waals surface area contributed by atoms with Gasteiger partial charge in [0.1, 0.15) is 12.3 Å². The zero-order valence-electron chi connectivity index (χ0n) is 12.1. The third-order valence-corrected chi connectivity index (χ3v) is 2.61. The molecule has 0 aliphatic rings. The van der Waals surface area contributed by atoms with Gasteiger partial charge in [0.2, 0.25) is 17.7 Å². The molecule has 0 aromatic heterocycles. The zero-order chi connectivity index (χ0) is 17.3. The van der Waals surface area contributed by atoms with E-state index in [4.69, 9.17) is 16.6 Å². The number of aliphatic carboxylic acids is 1. The standard InChI is InChI=1S/C12H20N4O6/c1-6(5-17)15-12(22)8(2-3-10(19)20)16-11(21)7(13)4-9(14)18/h5-8H,2-4,13H2,1H3,(H2,14,18)(H,15,22)(H,16,21)(H,19,20)/t6-,7-,8-/m0/s1. The van der Waals surface area contributed by atoms with Gasteiger partial charge in [-0.1, -0.05) is 0 Å². The van der Waals surface area contributed by atoms with Crippen molar-refractivity contribution in [2.45, 2.75) is 44.3 Å². The second-order valence-electron chi connectivity index (χ2n) is 4.70. The molecular formula is C12H20N4O6. The van der Waals surface area contributed by atoms with Crippen LogP contribution < -0.4 is 22.1 Å². The molecule has 0 spiro atoms. The van der Waals surface area contributed by atoms with Gasteiger partial charge in [0, 0.05) is 6.42 Å². The molecule has 0 rings (SSSR count). The fourth-order valence-corrected chi connectivity index (χ4v) is 1.48. The lowest BCUT2D eigenvalue weighted by Crippen LogP contribution is -2.53. The number of aldehydes is 1. The first-order chi connectivity index (χ1) is 10.2. The van der Waals surface area contributed by atoms with Crippen molar-refractivity contribution in [1.29, 1.82) is 0 Å². The number of rotatable bonds is 10. The molecule has 0 saturated heterocycles. The van der Waals surface area contributed by atoms with E-state index in [1.165, 1.54) is 6.92 Å². The fourth-order valence-electron chi connectivity index (χ4n) is 1.48. The summed E-state index contributed by atoms with van der Waals surface area (Å²) in [5.74, 6) is -3.48. The molecule has 3 atom stereocenters. The van der Waals surface area contributed by atoms with Gasteiger partial charge in [-0.25, -0.2) is 0 Å². The van der Waals surface area contributed by atoms with Crippen LogP contribution in [0.1, 0.15) is 26.2 Å². The van der Waals surface area contributed by atoms with Crippen LogP contribution in [0.4, 0.5) is 0 Å². The summed E-state index contributed by atoms with van der Waals surface area (Å²) in [6.07, 6.45) is -0.503. The van der Waals surface area contributed by atoms with Gasteiger partial charge < -0.3 is 32.0 Å². The maximum Gasteiger partial charge on any atom is 0.303 e. The SMILES string of the molecule is C[C@@H](C=O)NC(=O)[C@H](CCC(=O)O)NC(=O)[C@@H](N)CC(N)=O. The highest BCUT2D eigenvalue weighted by atomic mass is 16.4. The zero-order valence-corrected chi connectivity index (χ0v) is 12.1. The van der Waals surface area contributed by atoms with E-state index in [0.29, 0.717) is 6.29 Å². The third kappa shape index (κ3) is 7.94. The molecule has 10 heteroatoms. The lowest BCUT2D eigenvalue weighted by atomic mass is 10.1. The molecule has 0 bridgehead atoms. The normalized spacial score (nSPS) is 14.3. The average molecular weight is 316 g/mol. The molecule has 0 aliphatic carbocycles.